The van der Waals surface area contributed by atoms with Crippen molar-refractivity contribution >= 4 is 0 Å². The van der Waals surface area contributed by atoms with Crippen LogP contribution in [-0.4, -0.2) is 55.6 Å². The minimum absolute atomic E-state index is 0.0344. The molecule has 2 aromatic heterocycles. The third-order valence-electron chi connectivity index (χ3n) is 4.41. The van der Waals surface area contributed by atoms with Crippen LogP contribution >= 0.6 is 0 Å². The van der Waals surface area contributed by atoms with Crippen LogP contribution < -0.4 is 0 Å². The predicted octanol–water partition coefficient (Wildman–Crippen LogP) is 1.79. The van der Waals surface area contributed by atoms with Crippen molar-refractivity contribution in [2.45, 2.75) is 25.6 Å². The molecule has 0 amide bonds. The maximum atomic E-state index is 5.85. The number of nitrogens with zero attached hydrogens (tertiary/aromatic N) is 6. The zero-order valence-corrected chi connectivity index (χ0v) is 14.0. The van der Waals surface area contributed by atoms with Crippen LogP contribution in [0.2, 0.25) is 0 Å². The summed E-state index contributed by atoms with van der Waals surface area (Å²) in [7, 11) is 0. The lowest BCUT2D eigenvalue weighted by Crippen LogP contribution is -2.45. The molecule has 2 unspecified atom stereocenters. The third kappa shape index (κ3) is 3.59. The standard InChI is InChI=1S/C17H20N6O2/c1-13(17-20-16(21-25-17)14-5-3-2-4-6-14)22-7-8-24-15(9-22)10-23-12-18-11-19-23/h2-6,11-13,15H,7-10H2,1H3. The van der Waals surface area contributed by atoms with Gasteiger partial charge in [-0.25, -0.2) is 4.98 Å². The smallest absolute Gasteiger partial charge is 0.244 e. The van der Waals surface area contributed by atoms with E-state index in [-0.39, 0.29) is 12.1 Å². The SMILES string of the molecule is CC(c1nc(-c2ccccc2)no1)N1CCOC(Cn2cncn2)C1. The summed E-state index contributed by atoms with van der Waals surface area (Å²) in [4.78, 5) is 10.8. The molecule has 8 heteroatoms. The summed E-state index contributed by atoms with van der Waals surface area (Å²) >= 11 is 0. The molecule has 3 aromatic rings. The fourth-order valence-corrected chi connectivity index (χ4v) is 3.01. The molecule has 1 aliphatic rings. The highest BCUT2D eigenvalue weighted by Gasteiger charge is 2.28. The van der Waals surface area contributed by atoms with E-state index in [4.69, 9.17) is 9.26 Å². The fraction of sp³-hybridized carbons (Fsp3) is 0.412. The number of morpholine rings is 1. The highest BCUT2D eigenvalue weighted by molar-refractivity contribution is 5.53. The second-order valence-electron chi connectivity index (χ2n) is 6.10. The van der Waals surface area contributed by atoms with Crippen molar-refractivity contribution in [3.05, 3.63) is 48.9 Å². The van der Waals surface area contributed by atoms with Gasteiger partial charge < -0.3 is 9.26 Å². The van der Waals surface area contributed by atoms with Crippen molar-refractivity contribution in [1.29, 1.82) is 0 Å². The lowest BCUT2D eigenvalue weighted by atomic mass is 10.2. The Kier molecular flexibility index (Phi) is 4.53. The molecular weight excluding hydrogens is 320 g/mol. The number of hydrogen-bond acceptors (Lipinski definition) is 7. The van der Waals surface area contributed by atoms with Crippen LogP contribution in [0.4, 0.5) is 0 Å². The molecule has 4 rings (SSSR count). The van der Waals surface area contributed by atoms with Crippen LogP contribution in [0.5, 0.6) is 0 Å². The molecule has 1 fully saturated rings. The fourth-order valence-electron chi connectivity index (χ4n) is 3.01. The molecule has 2 atom stereocenters. The topological polar surface area (TPSA) is 82.1 Å². The van der Waals surface area contributed by atoms with Gasteiger partial charge in [0, 0.05) is 18.7 Å². The van der Waals surface area contributed by atoms with Gasteiger partial charge >= 0.3 is 0 Å². The van der Waals surface area contributed by atoms with E-state index in [0.717, 1.165) is 18.7 Å². The number of benzene rings is 1. The van der Waals surface area contributed by atoms with Gasteiger partial charge in [-0.2, -0.15) is 10.1 Å². The summed E-state index contributed by atoms with van der Waals surface area (Å²) in [6.07, 6.45) is 3.30. The molecule has 130 valence electrons. The average molecular weight is 340 g/mol. The Balaban J connectivity index is 1.43. The molecule has 25 heavy (non-hydrogen) atoms. The molecule has 0 spiro atoms. The Morgan fingerprint density at radius 2 is 2.16 bits per heavy atom. The average Bonchev–Trinajstić information content (AvgIpc) is 3.34. The Labute approximate surface area is 145 Å². The molecule has 0 bridgehead atoms. The monoisotopic (exact) mass is 340 g/mol. The minimum Gasteiger partial charge on any atom is -0.374 e. The number of rotatable bonds is 5. The molecule has 1 aliphatic heterocycles. The van der Waals surface area contributed by atoms with Gasteiger partial charge in [0.1, 0.15) is 12.7 Å². The van der Waals surface area contributed by atoms with E-state index in [1.54, 1.807) is 11.0 Å². The van der Waals surface area contributed by atoms with Gasteiger partial charge in [0.2, 0.25) is 11.7 Å². The Morgan fingerprint density at radius 3 is 2.96 bits per heavy atom. The highest BCUT2D eigenvalue weighted by atomic mass is 16.5. The molecule has 3 heterocycles. The zero-order chi connectivity index (χ0) is 17.1. The van der Waals surface area contributed by atoms with Crippen LogP contribution in [0.15, 0.2) is 47.5 Å². The largest absolute Gasteiger partial charge is 0.374 e. The van der Waals surface area contributed by atoms with Crippen LogP contribution in [0.3, 0.4) is 0 Å². The molecular formula is C17H20N6O2. The second kappa shape index (κ2) is 7.12. The lowest BCUT2D eigenvalue weighted by Gasteiger charge is -2.35. The molecule has 0 radical (unpaired) electrons. The van der Waals surface area contributed by atoms with E-state index in [0.29, 0.717) is 24.9 Å². The number of ether oxygens (including phenoxy) is 1. The summed E-state index contributed by atoms with van der Waals surface area (Å²) in [5, 5.41) is 8.26. The van der Waals surface area contributed by atoms with Crippen molar-refractivity contribution in [2.75, 3.05) is 19.7 Å². The van der Waals surface area contributed by atoms with Gasteiger partial charge in [0.15, 0.2) is 0 Å². The highest BCUT2D eigenvalue weighted by Crippen LogP contribution is 2.24. The molecule has 1 aromatic carbocycles. The third-order valence-corrected chi connectivity index (χ3v) is 4.41. The zero-order valence-electron chi connectivity index (χ0n) is 14.0. The van der Waals surface area contributed by atoms with Crippen molar-refractivity contribution < 1.29 is 9.26 Å². The summed E-state index contributed by atoms with van der Waals surface area (Å²) in [5.74, 6) is 1.25. The van der Waals surface area contributed by atoms with E-state index in [2.05, 4.69) is 32.0 Å². The van der Waals surface area contributed by atoms with Gasteiger partial charge in [-0.15, -0.1) is 0 Å². The second-order valence-corrected chi connectivity index (χ2v) is 6.10. The molecule has 0 aliphatic carbocycles. The van der Waals surface area contributed by atoms with Crippen molar-refractivity contribution in [3.8, 4) is 11.4 Å². The van der Waals surface area contributed by atoms with Crippen LogP contribution in [0.1, 0.15) is 18.9 Å². The summed E-state index contributed by atoms with van der Waals surface area (Å²) in [5.41, 5.74) is 0.954. The van der Waals surface area contributed by atoms with E-state index < -0.39 is 0 Å². The van der Waals surface area contributed by atoms with Gasteiger partial charge in [-0.05, 0) is 6.92 Å². The maximum absolute atomic E-state index is 5.85. The normalized spacial score (nSPS) is 19.8. The first-order valence-electron chi connectivity index (χ1n) is 8.36. The number of aromatic nitrogens is 5. The lowest BCUT2D eigenvalue weighted by molar-refractivity contribution is -0.0532. The van der Waals surface area contributed by atoms with E-state index in [1.807, 2.05) is 30.3 Å². The van der Waals surface area contributed by atoms with E-state index >= 15 is 0 Å². The van der Waals surface area contributed by atoms with Crippen LogP contribution in [0.25, 0.3) is 11.4 Å². The van der Waals surface area contributed by atoms with Gasteiger partial charge in [0.25, 0.3) is 0 Å². The molecule has 8 nitrogen and oxygen atoms in total. The van der Waals surface area contributed by atoms with Crippen molar-refractivity contribution in [1.82, 2.24) is 29.8 Å². The summed E-state index contributed by atoms with van der Waals surface area (Å²) in [6.45, 7) is 5.05. The summed E-state index contributed by atoms with van der Waals surface area (Å²) in [6, 6.07) is 9.88. The summed E-state index contributed by atoms with van der Waals surface area (Å²) < 4.78 is 13.1. The predicted molar refractivity (Wildman–Crippen MR) is 89.5 cm³/mol. The van der Waals surface area contributed by atoms with Crippen molar-refractivity contribution in [2.24, 2.45) is 0 Å². The van der Waals surface area contributed by atoms with Crippen LogP contribution in [0, 0.1) is 0 Å². The molecule has 0 N–H and O–H groups in total. The first-order valence-corrected chi connectivity index (χ1v) is 8.36. The van der Waals surface area contributed by atoms with E-state index in [9.17, 15) is 0 Å². The molecule has 1 saturated heterocycles. The minimum atomic E-state index is 0.0344. The van der Waals surface area contributed by atoms with Gasteiger partial charge in [-0.1, -0.05) is 35.5 Å². The number of hydrogen-bond donors (Lipinski definition) is 0. The van der Waals surface area contributed by atoms with Crippen LogP contribution in [-0.2, 0) is 11.3 Å². The quantitative estimate of drug-likeness (QED) is 0.700. The van der Waals surface area contributed by atoms with Gasteiger partial charge in [-0.3, -0.25) is 9.58 Å². The Bertz CT molecular complexity index is 789. The van der Waals surface area contributed by atoms with Gasteiger partial charge in [0.05, 0.1) is 25.3 Å². The Hall–Kier alpha value is -2.58. The first-order chi connectivity index (χ1) is 12.3. The molecule has 0 saturated carbocycles. The van der Waals surface area contributed by atoms with Crippen molar-refractivity contribution in [3.63, 3.8) is 0 Å². The van der Waals surface area contributed by atoms with E-state index in [1.165, 1.54) is 6.33 Å². The maximum Gasteiger partial charge on any atom is 0.244 e. The first kappa shape index (κ1) is 15.9. The Morgan fingerprint density at radius 1 is 1.28 bits per heavy atom.